The highest BCUT2D eigenvalue weighted by atomic mass is 16.5. The topological polar surface area (TPSA) is 21.3 Å². The molecule has 0 spiro atoms. The van der Waals surface area contributed by atoms with Crippen LogP contribution in [0.15, 0.2) is 24.3 Å². The van der Waals surface area contributed by atoms with Crippen LogP contribution in [0.5, 0.6) is 5.75 Å². The number of hydrogen-bond donors (Lipinski definition) is 1. The van der Waals surface area contributed by atoms with E-state index in [9.17, 15) is 0 Å². The van der Waals surface area contributed by atoms with Gasteiger partial charge in [-0.05, 0) is 35.6 Å². The molecule has 1 aromatic rings. The smallest absolute Gasteiger partial charge is 0.119 e. The van der Waals surface area contributed by atoms with E-state index in [0.29, 0.717) is 11.3 Å². The second-order valence-electron chi connectivity index (χ2n) is 5.38. The van der Waals surface area contributed by atoms with Crippen molar-refractivity contribution in [1.29, 1.82) is 0 Å². The monoisotopic (exact) mass is 221 g/mol. The lowest BCUT2D eigenvalue weighted by Crippen LogP contribution is -2.24. The first-order valence-electron chi connectivity index (χ1n) is 5.81. The lowest BCUT2D eigenvalue weighted by Gasteiger charge is -2.27. The molecule has 2 heteroatoms. The largest absolute Gasteiger partial charge is 0.497 e. The van der Waals surface area contributed by atoms with Gasteiger partial charge in [0.05, 0.1) is 7.11 Å². The summed E-state index contributed by atoms with van der Waals surface area (Å²) in [6, 6.07) is 8.05. The van der Waals surface area contributed by atoms with E-state index in [1.165, 1.54) is 0 Å². The van der Waals surface area contributed by atoms with Crippen LogP contribution in [-0.2, 0) is 0 Å². The van der Waals surface area contributed by atoms with Crippen LogP contribution >= 0.6 is 0 Å². The van der Waals surface area contributed by atoms with Gasteiger partial charge in [0.25, 0.3) is 0 Å². The summed E-state index contributed by atoms with van der Waals surface area (Å²) in [5.41, 5.74) is 1.50. The molecule has 0 aliphatic carbocycles. The fourth-order valence-corrected chi connectivity index (χ4v) is 1.29. The van der Waals surface area contributed by atoms with Gasteiger partial charge in [-0.2, -0.15) is 0 Å². The quantitative estimate of drug-likeness (QED) is 0.835. The van der Waals surface area contributed by atoms with Crippen LogP contribution in [0.25, 0.3) is 0 Å². The Labute approximate surface area is 99.0 Å². The van der Waals surface area contributed by atoms with Gasteiger partial charge < -0.3 is 10.1 Å². The molecule has 1 rings (SSSR count). The molecule has 90 valence electrons. The highest BCUT2D eigenvalue weighted by Crippen LogP contribution is 2.25. The van der Waals surface area contributed by atoms with Gasteiger partial charge in [-0.3, -0.25) is 0 Å². The number of methoxy groups -OCH3 is 1. The van der Waals surface area contributed by atoms with Crippen LogP contribution in [0, 0.1) is 11.3 Å². The Balaban J connectivity index is 2.48. The molecule has 16 heavy (non-hydrogen) atoms. The van der Waals surface area contributed by atoms with E-state index in [1.807, 2.05) is 24.3 Å². The summed E-state index contributed by atoms with van der Waals surface area (Å²) in [5.74, 6) is 1.53. The maximum Gasteiger partial charge on any atom is 0.119 e. The average molecular weight is 221 g/mol. The zero-order chi connectivity index (χ0) is 12.2. The Bertz CT molecular complexity index is 311. The second kappa shape index (κ2) is 5.24. The van der Waals surface area contributed by atoms with E-state index < -0.39 is 0 Å². The highest BCUT2D eigenvalue weighted by Gasteiger charge is 2.19. The van der Waals surface area contributed by atoms with Gasteiger partial charge in [-0.15, -0.1) is 0 Å². The first kappa shape index (κ1) is 12.9. The molecular formula is C14H23NO. The van der Waals surface area contributed by atoms with Crippen molar-refractivity contribution in [1.82, 2.24) is 0 Å². The van der Waals surface area contributed by atoms with Crippen LogP contribution in [0.1, 0.15) is 27.7 Å². The average Bonchev–Trinajstić information content (AvgIpc) is 2.25. The van der Waals surface area contributed by atoms with Crippen LogP contribution < -0.4 is 10.1 Å². The van der Waals surface area contributed by atoms with Gasteiger partial charge >= 0.3 is 0 Å². The molecule has 0 aliphatic heterocycles. The third-order valence-electron chi connectivity index (χ3n) is 3.18. The third kappa shape index (κ3) is 3.76. The van der Waals surface area contributed by atoms with Gasteiger partial charge in [-0.1, -0.05) is 27.7 Å². The van der Waals surface area contributed by atoms with Crippen LogP contribution in [-0.4, -0.2) is 13.7 Å². The number of anilines is 1. The lowest BCUT2D eigenvalue weighted by atomic mass is 9.82. The molecule has 0 amide bonds. The Kier molecular flexibility index (Phi) is 4.22. The first-order chi connectivity index (χ1) is 7.43. The molecule has 0 aliphatic rings. The fourth-order valence-electron chi connectivity index (χ4n) is 1.29. The zero-order valence-corrected chi connectivity index (χ0v) is 11.0. The van der Waals surface area contributed by atoms with Crippen molar-refractivity contribution in [3.8, 4) is 5.75 Å². The second-order valence-corrected chi connectivity index (χ2v) is 5.38. The summed E-state index contributed by atoms with van der Waals surface area (Å²) < 4.78 is 5.12. The van der Waals surface area contributed by atoms with E-state index in [-0.39, 0.29) is 0 Å². The molecular weight excluding hydrogens is 198 g/mol. The van der Waals surface area contributed by atoms with E-state index in [0.717, 1.165) is 18.0 Å². The minimum atomic E-state index is 0.347. The number of benzene rings is 1. The minimum Gasteiger partial charge on any atom is -0.497 e. The number of hydrogen-bond acceptors (Lipinski definition) is 2. The summed E-state index contributed by atoms with van der Waals surface area (Å²) in [5, 5.41) is 3.45. The van der Waals surface area contributed by atoms with Crippen LogP contribution in [0.2, 0.25) is 0 Å². The SMILES string of the molecule is COc1ccc(NC[C@@H](C)C(C)(C)C)cc1. The number of nitrogens with one attached hydrogen (secondary N) is 1. The number of ether oxygens (including phenoxy) is 1. The van der Waals surface area contributed by atoms with Crippen molar-refractivity contribution in [3.05, 3.63) is 24.3 Å². The van der Waals surface area contributed by atoms with Gasteiger partial charge in [0.15, 0.2) is 0 Å². The van der Waals surface area contributed by atoms with Gasteiger partial charge in [0.2, 0.25) is 0 Å². The summed E-state index contributed by atoms with van der Waals surface area (Å²) >= 11 is 0. The van der Waals surface area contributed by atoms with Crippen molar-refractivity contribution in [2.45, 2.75) is 27.7 Å². The van der Waals surface area contributed by atoms with E-state index >= 15 is 0 Å². The Morgan fingerprint density at radius 3 is 2.19 bits per heavy atom. The summed E-state index contributed by atoms with van der Waals surface area (Å²) in [6.45, 7) is 10.1. The predicted octanol–water partition coefficient (Wildman–Crippen LogP) is 3.79. The Morgan fingerprint density at radius 2 is 1.75 bits per heavy atom. The molecule has 0 radical (unpaired) electrons. The zero-order valence-electron chi connectivity index (χ0n) is 11.0. The predicted molar refractivity (Wildman–Crippen MR) is 70.1 cm³/mol. The molecule has 2 nitrogen and oxygen atoms in total. The molecule has 1 aromatic carbocycles. The molecule has 0 unspecified atom stereocenters. The van der Waals surface area contributed by atoms with Crippen molar-refractivity contribution in [3.63, 3.8) is 0 Å². The third-order valence-corrected chi connectivity index (χ3v) is 3.18. The molecule has 0 fully saturated rings. The van der Waals surface area contributed by atoms with E-state index in [1.54, 1.807) is 7.11 Å². The summed E-state index contributed by atoms with van der Waals surface area (Å²) in [7, 11) is 1.68. The fraction of sp³-hybridized carbons (Fsp3) is 0.571. The molecule has 1 N–H and O–H groups in total. The lowest BCUT2D eigenvalue weighted by molar-refractivity contribution is 0.274. The maximum atomic E-state index is 5.12. The van der Waals surface area contributed by atoms with Crippen molar-refractivity contribution in [2.75, 3.05) is 19.0 Å². The van der Waals surface area contributed by atoms with Gasteiger partial charge in [0.1, 0.15) is 5.75 Å². The normalized spacial score (nSPS) is 13.3. The Hall–Kier alpha value is -1.18. The summed E-state index contributed by atoms with van der Waals surface area (Å²) in [4.78, 5) is 0. The van der Waals surface area contributed by atoms with E-state index in [2.05, 4.69) is 33.0 Å². The summed E-state index contributed by atoms with van der Waals surface area (Å²) in [6.07, 6.45) is 0. The van der Waals surface area contributed by atoms with Crippen LogP contribution in [0.4, 0.5) is 5.69 Å². The minimum absolute atomic E-state index is 0.347. The van der Waals surface area contributed by atoms with E-state index in [4.69, 9.17) is 4.74 Å². The van der Waals surface area contributed by atoms with Gasteiger partial charge in [0, 0.05) is 12.2 Å². The molecule has 0 saturated carbocycles. The standard InChI is InChI=1S/C14H23NO/c1-11(14(2,3)4)10-15-12-6-8-13(16-5)9-7-12/h6-9,11,15H,10H2,1-5H3/t11-/m1/s1. The van der Waals surface area contributed by atoms with Crippen molar-refractivity contribution < 1.29 is 4.74 Å². The first-order valence-corrected chi connectivity index (χ1v) is 5.81. The maximum absolute atomic E-state index is 5.12. The van der Waals surface area contributed by atoms with Crippen molar-refractivity contribution >= 4 is 5.69 Å². The molecule has 0 aromatic heterocycles. The number of rotatable bonds is 4. The Morgan fingerprint density at radius 1 is 1.19 bits per heavy atom. The molecule has 0 bridgehead atoms. The van der Waals surface area contributed by atoms with Crippen LogP contribution in [0.3, 0.4) is 0 Å². The highest BCUT2D eigenvalue weighted by molar-refractivity contribution is 5.46. The van der Waals surface area contributed by atoms with Gasteiger partial charge in [-0.25, -0.2) is 0 Å². The van der Waals surface area contributed by atoms with Crippen molar-refractivity contribution in [2.24, 2.45) is 11.3 Å². The molecule has 0 heterocycles. The molecule has 1 atom stereocenters. The molecule has 0 saturated heterocycles.